The number of hydrogen-bond acceptors (Lipinski definition) is 9. The number of rotatable bonds is 10. The van der Waals surface area contributed by atoms with Crippen LogP contribution < -0.4 is 10.6 Å². The van der Waals surface area contributed by atoms with Crippen molar-refractivity contribution in [2.45, 2.75) is 77.5 Å². The Kier molecular flexibility index (Phi) is 10.9. The number of carbonyl (C=O) groups is 4. The van der Waals surface area contributed by atoms with Gasteiger partial charge in [-0.25, -0.2) is 24.5 Å². The number of hydrogen-bond donors (Lipinski definition) is 4. The minimum atomic E-state index is -0.700. The van der Waals surface area contributed by atoms with Crippen molar-refractivity contribution in [3.05, 3.63) is 66.5 Å². The number of nitrogens with zero attached hydrogens (tertiary/aromatic N) is 5. The molecule has 0 saturated carbocycles. The summed E-state index contributed by atoms with van der Waals surface area (Å²) in [5, 5.41) is 7.35. The second-order valence-electron chi connectivity index (χ2n) is 15.3. The highest BCUT2D eigenvalue weighted by Crippen LogP contribution is 2.35. The van der Waals surface area contributed by atoms with Crippen LogP contribution in [-0.4, -0.2) is 98.1 Å². The first-order chi connectivity index (χ1) is 26.9. The van der Waals surface area contributed by atoms with Gasteiger partial charge in [-0.1, -0.05) is 45.9 Å². The van der Waals surface area contributed by atoms with Crippen LogP contribution in [0.4, 0.5) is 9.59 Å². The third-order valence-corrected chi connectivity index (χ3v) is 10.9. The Hall–Kier alpha value is -5.99. The Labute approximate surface area is 324 Å². The van der Waals surface area contributed by atoms with Crippen LogP contribution in [0.25, 0.3) is 44.3 Å². The lowest BCUT2D eigenvalue weighted by atomic mass is 10.0. The van der Waals surface area contributed by atoms with Gasteiger partial charge >= 0.3 is 12.2 Å². The van der Waals surface area contributed by atoms with Crippen LogP contribution in [0, 0.1) is 11.8 Å². The molecule has 0 aliphatic carbocycles. The molecule has 15 heteroatoms. The summed E-state index contributed by atoms with van der Waals surface area (Å²) >= 11 is 0. The number of alkyl carbamates (subject to hydrolysis) is 2. The first kappa shape index (κ1) is 38.3. The van der Waals surface area contributed by atoms with E-state index in [1.807, 2.05) is 58.0 Å². The van der Waals surface area contributed by atoms with Gasteiger partial charge in [-0.2, -0.15) is 0 Å². The second-order valence-corrected chi connectivity index (χ2v) is 15.3. The van der Waals surface area contributed by atoms with Gasteiger partial charge in [0, 0.05) is 35.0 Å². The average Bonchev–Trinajstić information content (AvgIpc) is 4.03. The van der Waals surface area contributed by atoms with E-state index in [-0.39, 0.29) is 35.7 Å². The molecular formula is C41H49N9O6. The highest BCUT2D eigenvalue weighted by atomic mass is 16.5. The van der Waals surface area contributed by atoms with Gasteiger partial charge in [0.25, 0.3) is 0 Å². The van der Waals surface area contributed by atoms with Crippen LogP contribution in [0.1, 0.15) is 77.1 Å². The number of H-pyrrole nitrogens is 2. The average molecular weight is 764 g/mol. The number of aromatic amines is 2. The number of benzene rings is 2. The second kappa shape index (κ2) is 16.0. The summed E-state index contributed by atoms with van der Waals surface area (Å²) in [5.41, 5.74) is 5.21. The van der Waals surface area contributed by atoms with Crippen molar-refractivity contribution in [2.24, 2.45) is 11.8 Å². The number of likely N-dealkylation sites (tertiary alicyclic amines) is 2. The van der Waals surface area contributed by atoms with E-state index in [0.29, 0.717) is 24.7 Å². The first-order valence-electron chi connectivity index (χ1n) is 19.2. The molecule has 3 aromatic heterocycles. The number of carbonyl (C=O) groups excluding carboxylic acids is 4. The van der Waals surface area contributed by atoms with Gasteiger partial charge in [0.15, 0.2) is 0 Å². The molecule has 2 aliphatic heterocycles. The highest BCUT2D eigenvalue weighted by molar-refractivity contribution is 5.96. The summed E-state index contributed by atoms with van der Waals surface area (Å²) in [5.74, 6) is 0.883. The number of imidazole rings is 2. The summed E-state index contributed by atoms with van der Waals surface area (Å²) in [4.78, 5) is 76.0. The molecule has 4 N–H and O–H groups in total. The van der Waals surface area contributed by atoms with Crippen LogP contribution in [0.3, 0.4) is 0 Å². The maximum absolute atomic E-state index is 13.6. The largest absolute Gasteiger partial charge is 0.453 e. The predicted molar refractivity (Wildman–Crippen MR) is 210 cm³/mol. The van der Waals surface area contributed by atoms with Crippen molar-refractivity contribution >= 4 is 45.8 Å². The Morgan fingerprint density at radius 3 is 1.68 bits per heavy atom. The summed E-state index contributed by atoms with van der Waals surface area (Å²) in [7, 11) is 2.57. The van der Waals surface area contributed by atoms with Crippen molar-refractivity contribution in [1.82, 2.24) is 45.4 Å². The standard InChI is InChI=1S/C41H49N9O6/c1-22(2)34(47-40(53)55-5)38(51)49-15-7-9-32(49)36-42-20-30(45-36)25-13-14-28-27(18-25)17-24-11-12-26(19-29(24)44-28)31-21-43-37(46-31)33-10-8-16-50(33)39(52)35(23(3)4)48-41(54)56-6/h11-14,17-23,32-35H,7-10,15-16H2,1-6H3,(H,42,45)(H,43,46)(H,47,53)(H,48,54). The van der Waals surface area contributed by atoms with E-state index in [1.165, 1.54) is 14.2 Å². The molecule has 5 aromatic rings. The molecule has 7 rings (SSSR count). The predicted octanol–water partition coefficient (Wildman–Crippen LogP) is 6.26. The van der Waals surface area contributed by atoms with Gasteiger partial charge in [-0.05, 0) is 61.8 Å². The van der Waals surface area contributed by atoms with Gasteiger partial charge < -0.3 is 39.9 Å². The molecular weight excluding hydrogens is 715 g/mol. The molecule has 15 nitrogen and oxygen atoms in total. The quantitative estimate of drug-likeness (QED) is 0.119. The van der Waals surface area contributed by atoms with Gasteiger partial charge in [0.05, 0.1) is 61.1 Å². The summed E-state index contributed by atoms with van der Waals surface area (Å²) in [6.45, 7) is 8.75. The van der Waals surface area contributed by atoms with E-state index >= 15 is 0 Å². The highest BCUT2D eigenvalue weighted by Gasteiger charge is 2.39. The topological polar surface area (TPSA) is 188 Å². The fourth-order valence-electron chi connectivity index (χ4n) is 7.86. The fourth-order valence-corrected chi connectivity index (χ4v) is 7.86. The minimum absolute atomic E-state index is 0.114. The van der Waals surface area contributed by atoms with Crippen molar-refractivity contribution in [3.8, 4) is 22.5 Å². The smallest absolute Gasteiger partial charge is 0.407 e. The van der Waals surface area contributed by atoms with Gasteiger partial charge in [-0.3, -0.25) is 9.59 Å². The molecule has 294 valence electrons. The van der Waals surface area contributed by atoms with Gasteiger partial charge in [0.1, 0.15) is 23.7 Å². The Balaban J connectivity index is 1.08. The lowest BCUT2D eigenvalue weighted by Crippen LogP contribution is -2.51. The SMILES string of the molecule is COC(=O)NC(C(=O)N1CCCC1c1ncc(-c2ccc3nc4cc(-c5cnc(C6CCCN6C(=O)C(NC(=O)OC)C(C)C)[nH]5)ccc4cc3c2)[nH]1)C(C)C. The zero-order valence-corrected chi connectivity index (χ0v) is 32.6. The number of methoxy groups -OCH3 is 2. The van der Waals surface area contributed by atoms with Crippen LogP contribution in [0.15, 0.2) is 54.9 Å². The Morgan fingerprint density at radius 2 is 1.18 bits per heavy atom. The molecule has 56 heavy (non-hydrogen) atoms. The number of pyridine rings is 1. The van der Waals surface area contributed by atoms with Crippen molar-refractivity contribution in [1.29, 1.82) is 0 Å². The third-order valence-electron chi connectivity index (χ3n) is 10.9. The molecule has 2 aromatic carbocycles. The van der Waals surface area contributed by atoms with E-state index in [1.54, 1.807) is 22.2 Å². The molecule has 4 unspecified atom stereocenters. The monoisotopic (exact) mass is 763 g/mol. The first-order valence-corrected chi connectivity index (χ1v) is 19.2. The Bertz CT molecular complexity index is 2110. The van der Waals surface area contributed by atoms with Crippen LogP contribution >= 0.6 is 0 Å². The zero-order valence-electron chi connectivity index (χ0n) is 32.6. The molecule has 5 heterocycles. The maximum Gasteiger partial charge on any atom is 0.407 e. The molecule has 2 aliphatic rings. The van der Waals surface area contributed by atoms with Crippen LogP contribution in [0.5, 0.6) is 0 Å². The van der Waals surface area contributed by atoms with Crippen LogP contribution in [0.2, 0.25) is 0 Å². The lowest BCUT2D eigenvalue weighted by Gasteiger charge is -2.30. The van der Waals surface area contributed by atoms with Crippen molar-refractivity contribution in [2.75, 3.05) is 27.3 Å². The zero-order chi connectivity index (χ0) is 39.7. The third kappa shape index (κ3) is 7.62. The molecule has 2 saturated heterocycles. The number of fused-ring (bicyclic) bond motifs is 2. The normalized spacial score (nSPS) is 18.1. The summed E-state index contributed by atoms with van der Waals surface area (Å²) in [6, 6.07) is 12.5. The number of amides is 4. The van der Waals surface area contributed by atoms with E-state index < -0.39 is 24.3 Å². The summed E-state index contributed by atoms with van der Waals surface area (Å²) in [6.07, 6.45) is 5.54. The molecule has 0 radical (unpaired) electrons. The molecule has 4 atom stereocenters. The van der Waals surface area contributed by atoms with E-state index in [0.717, 1.165) is 70.0 Å². The van der Waals surface area contributed by atoms with Crippen LogP contribution in [-0.2, 0) is 19.1 Å². The van der Waals surface area contributed by atoms with Gasteiger partial charge in [0.2, 0.25) is 11.8 Å². The van der Waals surface area contributed by atoms with E-state index in [2.05, 4.69) is 32.7 Å². The Morgan fingerprint density at radius 1 is 0.679 bits per heavy atom. The molecule has 4 amide bonds. The molecule has 2 fully saturated rings. The van der Waals surface area contributed by atoms with Crippen molar-refractivity contribution < 1.29 is 28.7 Å². The molecule has 0 bridgehead atoms. The fraction of sp³-hybridized carbons (Fsp3) is 0.439. The van der Waals surface area contributed by atoms with Crippen molar-refractivity contribution in [3.63, 3.8) is 0 Å². The molecule has 0 spiro atoms. The lowest BCUT2D eigenvalue weighted by molar-refractivity contribution is -0.136. The van der Waals surface area contributed by atoms with E-state index in [4.69, 9.17) is 24.4 Å². The minimum Gasteiger partial charge on any atom is -0.453 e. The van der Waals surface area contributed by atoms with Gasteiger partial charge in [-0.15, -0.1) is 0 Å². The maximum atomic E-state index is 13.6. The van der Waals surface area contributed by atoms with E-state index in [9.17, 15) is 19.2 Å². The number of nitrogens with one attached hydrogen (secondary N) is 4. The number of aromatic nitrogens is 5. The summed E-state index contributed by atoms with van der Waals surface area (Å²) < 4.78 is 9.53. The number of ether oxygens (including phenoxy) is 2.